The normalized spacial score (nSPS) is 21.2. The van der Waals surface area contributed by atoms with Crippen LogP contribution >= 0.6 is 0 Å². The summed E-state index contributed by atoms with van der Waals surface area (Å²) in [6.45, 7) is 13.0. The summed E-state index contributed by atoms with van der Waals surface area (Å²) in [5, 5.41) is 6.35. The molecule has 3 fully saturated rings. The van der Waals surface area contributed by atoms with Crippen LogP contribution in [0.5, 0.6) is 0 Å². The molecular formula is C39H44F6N6O10S. The van der Waals surface area contributed by atoms with Gasteiger partial charge in [-0.3, -0.25) is 24.4 Å². The Kier molecular flexibility index (Phi) is 14.6. The molecule has 2 saturated carbocycles. The van der Waals surface area contributed by atoms with Crippen LogP contribution in [0.25, 0.3) is 0 Å². The second-order valence-electron chi connectivity index (χ2n) is 16.6. The van der Waals surface area contributed by atoms with Crippen molar-refractivity contribution in [3.63, 3.8) is 0 Å². The van der Waals surface area contributed by atoms with Crippen molar-refractivity contribution in [3.05, 3.63) is 71.8 Å². The first kappa shape index (κ1) is 48.7. The van der Waals surface area contributed by atoms with Gasteiger partial charge in [-0.2, -0.15) is 4.99 Å². The summed E-state index contributed by atoms with van der Waals surface area (Å²) >= 11 is 0. The molecule has 1 saturated heterocycles. The van der Waals surface area contributed by atoms with Crippen molar-refractivity contribution in [1.82, 2.24) is 20.3 Å². The molecule has 16 nitrogen and oxygen atoms in total. The second kappa shape index (κ2) is 18.6. The number of carbonyl (C=O) groups is 5. The van der Waals surface area contributed by atoms with Crippen LogP contribution in [0.3, 0.4) is 0 Å². The summed E-state index contributed by atoms with van der Waals surface area (Å²) in [4.78, 5) is 80.4. The lowest BCUT2D eigenvalue weighted by Gasteiger charge is -2.36. The number of halogens is 6. The topological polar surface area (TPSA) is 219 Å². The summed E-state index contributed by atoms with van der Waals surface area (Å²) in [6, 6.07) is 0.157. The predicted molar refractivity (Wildman–Crippen MR) is 206 cm³/mol. The van der Waals surface area contributed by atoms with Crippen molar-refractivity contribution in [3.8, 4) is 0 Å². The molecule has 1 unspecified atom stereocenters. The number of nitrogens with zero attached hydrogens (tertiary/aromatic N) is 2. The number of isocyanates is 1. The number of ether oxygens (including phenoxy) is 2. The number of carbonyl (C=O) groups excluding carboxylic acids is 6. The van der Waals surface area contributed by atoms with Gasteiger partial charge < -0.3 is 25.0 Å². The Hall–Kier alpha value is -5.96. The maximum Gasteiger partial charge on any atom is 0.412 e. The van der Waals surface area contributed by atoms with Crippen LogP contribution in [0.15, 0.2) is 41.9 Å². The number of likely N-dealkylation sites (tertiary alicyclic amines) is 1. The number of sulfonamides is 1. The van der Waals surface area contributed by atoms with Gasteiger partial charge in [0.05, 0.1) is 17.5 Å². The van der Waals surface area contributed by atoms with Gasteiger partial charge in [-0.1, -0.05) is 26.8 Å². The third kappa shape index (κ3) is 11.7. The first-order chi connectivity index (χ1) is 28.6. The molecule has 5 amide bonds. The molecule has 62 heavy (non-hydrogen) atoms. The largest absolute Gasteiger partial charge is 0.444 e. The molecule has 1 aliphatic heterocycles. The van der Waals surface area contributed by atoms with E-state index in [0.717, 1.165) is 23.1 Å². The van der Waals surface area contributed by atoms with Gasteiger partial charge in [-0.25, -0.2) is 49.1 Å². The van der Waals surface area contributed by atoms with Gasteiger partial charge in [0, 0.05) is 12.3 Å². The number of amides is 5. The number of hydrogen-bond donors (Lipinski definition) is 4. The van der Waals surface area contributed by atoms with Gasteiger partial charge in [-0.05, 0) is 69.7 Å². The van der Waals surface area contributed by atoms with E-state index in [4.69, 9.17) is 9.47 Å². The molecule has 23 heteroatoms. The average Bonchev–Trinajstić information content (AvgIpc) is 4.10. The standard InChI is InChI=1S/C32H42F3N5O9S.C7H2F3NO/c1-8-16-14-32(16,27(43)39-50(46,47)18-9-10-18)38-25(41)21-13-17(48-28(44)36-20-12-11-19(33)22(34)23(20)35)15-40(21)26(42)24(30(2,3)4)37-29(45)49-31(5,6)7;8-4-1-2-5(11-3-12)7(10)6(4)9/h8,11-12,16-18,21,24H,1,9-10,13-15H2,2-7H3,(H,36,44)(H,37,45)(H,38,41)(H,39,43);1-2H/t16?,17-,21+,24-,32-;/m1./s1. The summed E-state index contributed by atoms with van der Waals surface area (Å²) < 4.78 is 116. The summed E-state index contributed by atoms with van der Waals surface area (Å²) in [5.74, 6) is -12.8. The minimum absolute atomic E-state index is 0.0157. The second-order valence-corrected chi connectivity index (χ2v) is 18.6. The van der Waals surface area contributed by atoms with Crippen molar-refractivity contribution in [2.75, 3.05) is 11.9 Å². The van der Waals surface area contributed by atoms with Crippen molar-refractivity contribution >= 4 is 57.4 Å². The molecule has 338 valence electrons. The van der Waals surface area contributed by atoms with E-state index in [1.54, 1.807) is 41.5 Å². The molecule has 1 heterocycles. The lowest BCUT2D eigenvalue weighted by atomic mass is 9.85. The Labute approximate surface area is 351 Å². The van der Waals surface area contributed by atoms with Crippen molar-refractivity contribution < 1.29 is 73.0 Å². The van der Waals surface area contributed by atoms with Crippen LogP contribution in [0.2, 0.25) is 0 Å². The van der Waals surface area contributed by atoms with E-state index in [1.807, 2.05) is 10.0 Å². The highest BCUT2D eigenvalue weighted by molar-refractivity contribution is 7.91. The van der Waals surface area contributed by atoms with Crippen molar-refractivity contribution in [1.29, 1.82) is 0 Å². The lowest BCUT2D eigenvalue weighted by molar-refractivity contribution is -0.143. The number of rotatable bonds is 11. The van der Waals surface area contributed by atoms with Crippen LogP contribution in [0.4, 0.5) is 47.3 Å². The highest BCUT2D eigenvalue weighted by atomic mass is 32.2. The van der Waals surface area contributed by atoms with Crippen LogP contribution in [-0.2, 0) is 38.7 Å². The van der Waals surface area contributed by atoms with E-state index >= 15 is 0 Å². The third-order valence-corrected chi connectivity index (χ3v) is 11.4. The number of aliphatic imine (C=N–C) groups is 1. The van der Waals surface area contributed by atoms with Gasteiger partial charge in [0.1, 0.15) is 35.0 Å². The molecule has 4 N–H and O–H groups in total. The fraction of sp³-hybridized carbons (Fsp3) is 0.487. The number of anilines is 1. The average molecular weight is 903 g/mol. The highest BCUT2D eigenvalue weighted by Gasteiger charge is 2.62. The molecule has 0 radical (unpaired) electrons. The van der Waals surface area contributed by atoms with Gasteiger partial charge in [0.15, 0.2) is 34.9 Å². The molecule has 3 aliphatic rings. The Morgan fingerprint density at radius 1 is 0.919 bits per heavy atom. The van der Waals surface area contributed by atoms with Crippen LogP contribution in [0.1, 0.15) is 67.2 Å². The van der Waals surface area contributed by atoms with Gasteiger partial charge in [0.2, 0.25) is 27.9 Å². The molecule has 2 aromatic carbocycles. The summed E-state index contributed by atoms with van der Waals surface area (Å²) in [5.41, 5.74) is -4.88. The minimum Gasteiger partial charge on any atom is -0.444 e. The first-order valence-corrected chi connectivity index (χ1v) is 20.3. The fourth-order valence-corrected chi connectivity index (χ4v) is 7.56. The summed E-state index contributed by atoms with van der Waals surface area (Å²) in [7, 11) is -3.99. The molecule has 2 aliphatic carbocycles. The molecule has 5 atom stereocenters. The number of nitrogens with one attached hydrogen (secondary N) is 4. The zero-order valence-corrected chi connectivity index (χ0v) is 35.0. The zero-order valence-electron chi connectivity index (χ0n) is 34.2. The maximum atomic E-state index is 14.2. The first-order valence-electron chi connectivity index (χ1n) is 18.8. The Morgan fingerprint density at radius 3 is 2.05 bits per heavy atom. The van der Waals surface area contributed by atoms with Crippen LogP contribution < -0.4 is 20.7 Å². The maximum absolute atomic E-state index is 14.2. The van der Waals surface area contributed by atoms with Crippen LogP contribution in [0, 0.1) is 46.2 Å². The van der Waals surface area contributed by atoms with E-state index in [9.17, 15) is 63.5 Å². The van der Waals surface area contributed by atoms with E-state index in [1.165, 1.54) is 6.08 Å². The smallest absolute Gasteiger partial charge is 0.412 e. The zero-order chi connectivity index (χ0) is 46.7. The molecule has 0 spiro atoms. The van der Waals surface area contributed by atoms with E-state index in [2.05, 4.69) is 22.2 Å². The molecular weight excluding hydrogens is 859 g/mol. The van der Waals surface area contributed by atoms with Crippen molar-refractivity contribution in [2.24, 2.45) is 16.3 Å². The number of benzene rings is 2. The molecule has 2 aromatic rings. The quantitative estimate of drug-likeness (QED) is 0.0750. The number of hydrogen-bond acceptors (Lipinski definition) is 11. The van der Waals surface area contributed by atoms with E-state index in [-0.39, 0.29) is 12.8 Å². The van der Waals surface area contributed by atoms with Gasteiger partial charge in [0.25, 0.3) is 5.91 Å². The predicted octanol–water partition coefficient (Wildman–Crippen LogP) is 5.30. The Balaban J connectivity index is 0.000000605. The summed E-state index contributed by atoms with van der Waals surface area (Å²) in [6.07, 6.45) is -0.647. The highest BCUT2D eigenvalue weighted by Crippen LogP contribution is 2.45. The van der Waals surface area contributed by atoms with Gasteiger partial charge in [-0.15, -0.1) is 6.58 Å². The molecule has 0 aromatic heterocycles. The Morgan fingerprint density at radius 2 is 1.52 bits per heavy atom. The van der Waals surface area contributed by atoms with Gasteiger partial charge >= 0.3 is 12.2 Å². The van der Waals surface area contributed by atoms with E-state index < -0.39 is 139 Å². The number of alkyl carbamates (subject to hydrolysis) is 1. The molecule has 0 bridgehead atoms. The van der Waals surface area contributed by atoms with E-state index in [0.29, 0.717) is 25.0 Å². The van der Waals surface area contributed by atoms with Crippen LogP contribution in [-0.4, -0.2) is 90.4 Å². The Bertz CT molecular complexity index is 2300. The lowest BCUT2D eigenvalue weighted by Crippen LogP contribution is -2.60. The minimum atomic E-state index is -3.99. The molecule has 5 rings (SSSR count). The third-order valence-electron chi connectivity index (χ3n) is 9.60. The fourth-order valence-electron chi connectivity index (χ4n) is 6.20. The van der Waals surface area contributed by atoms with Crippen molar-refractivity contribution in [2.45, 2.75) is 102 Å². The SMILES string of the molecule is C=CC1C[C@]1(NC(=O)[C@@H]1C[C@@H](OC(=O)Nc2ccc(F)c(F)c2F)CN1C(=O)[C@@H](NC(=O)OC(C)(C)C)C(C)(C)C)C(=O)NS(=O)(=O)C1CC1.O=C=Nc1ccc(F)c(F)c1F. The monoisotopic (exact) mass is 902 g/mol.